The number of halogens is 2. The van der Waals surface area contributed by atoms with Crippen LogP contribution in [0, 0.1) is 12.7 Å². The molecule has 0 bridgehead atoms. The van der Waals surface area contributed by atoms with Crippen LogP contribution in [0.2, 0.25) is 0 Å². The summed E-state index contributed by atoms with van der Waals surface area (Å²) in [5.74, 6) is -0.106. The van der Waals surface area contributed by atoms with Gasteiger partial charge in [0.2, 0.25) is 0 Å². The monoisotopic (exact) mass is 284 g/mol. The number of aryl methyl sites for hydroxylation is 1. The summed E-state index contributed by atoms with van der Waals surface area (Å²) in [4.78, 5) is 2.34. The normalized spacial score (nSPS) is 17.6. The van der Waals surface area contributed by atoms with Crippen LogP contribution in [-0.4, -0.2) is 31.1 Å². The minimum atomic E-state index is -0.106. The summed E-state index contributed by atoms with van der Waals surface area (Å²) >= 11 is 0. The molecule has 1 aromatic carbocycles. The lowest BCUT2D eigenvalue weighted by Crippen LogP contribution is -2.45. The molecule has 1 N–H and O–H groups in total. The standard InChI is InChI=1S/C15H21FN2.ClH/c1-3-4-15(18-9-7-17-8-10-18)13-11-12(2)5-6-14(13)16;/h3,5-6,11,15,17H,1,4,7-10H2,2H3;1H/t15-;/m0./s1. The highest BCUT2D eigenvalue weighted by atomic mass is 35.5. The third-order valence-corrected chi connectivity index (χ3v) is 3.49. The number of nitrogens with zero attached hydrogens (tertiary/aromatic N) is 1. The van der Waals surface area contributed by atoms with Crippen LogP contribution in [0.4, 0.5) is 4.39 Å². The smallest absolute Gasteiger partial charge is 0.128 e. The van der Waals surface area contributed by atoms with E-state index in [2.05, 4.69) is 16.8 Å². The summed E-state index contributed by atoms with van der Waals surface area (Å²) in [6.45, 7) is 9.69. The first-order valence-corrected chi connectivity index (χ1v) is 6.54. The zero-order chi connectivity index (χ0) is 13.0. The van der Waals surface area contributed by atoms with Crippen molar-refractivity contribution < 1.29 is 4.39 Å². The van der Waals surface area contributed by atoms with E-state index in [1.165, 1.54) is 0 Å². The first kappa shape index (κ1) is 16.2. The molecule has 0 unspecified atom stereocenters. The SMILES string of the molecule is C=CC[C@@H](c1cc(C)ccc1F)N1CCNCC1.Cl. The van der Waals surface area contributed by atoms with Gasteiger partial charge in [0.15, 0.2) is 0 Å². The van der Waals surface area contributed by atoms with E-state index in [4.69, 9.17) is 0 Å². The van der Waals surface area contributed by atoms with Gasteiger partial charge in [-0.1, -0.05) is 23.8 Å². The number of rotatable bonds is 4. The molecule has 1 saturated heterocycles. The zero-order valence-electron chi connectivity index (χ0n) is 11.4. The average molecular weight is 285 g/mol. The predicted octanol–water partition coefficient (Wildman–Crippen LogP) is 3.08. The van der Waals surface area contributed by atoms with Crippen molar-refractivity contribution in [2.24, 2.45) is 0 Å². The van der Waals surface area contributed by atoms with E-state index < -0.39 is 0 Å². The average Bonchev–Trinajstić information content (AvgIpc) is 2.40. The molecule has 1 aliphatic heterocycles. The molecule has 0 amide bonds. The van der Waals surface area contributed by atoms with Gasteiger partial charge in [0.1, 0.15) is 5.82 Å². The van der Waals surface area contributed by atoms with E-state index in [1.807, 2.05) is 25.1 Å². The van der Waals surface area contributed by atoms with Gasteiger partial charge in [-0.15, -0.1) is 19.0 Å². The second-order valence-electron chi connectivity index (χ2n) is 4.85. The van der Waals surface area contributed by atoms with Gasteiger partial charge in [-0.3, -0.25) is 4.90 Å². The molecule has 0 saturated carbocycles. The molecule has 0 aromatic heterocycles. The number of hydrogen-bond acceptors (Lipinski definition) is 2. The van der Waals surface area contributed by atoms with Crippen molar-refractivity contribution in [1.29, 1.82) is 0 Å². The fourth-order valence-corrected chi connectivity index (χ4v) is 2.54. The molecule has 1 fully saturated rings. The van der Waals surface area contributed by atoms with Gasteiger partial charge in [0.05, 0.1) is 0 Å². The third-order valence-electron chi connectivity index (χ3n) is 3.49. The largest absolute Gasteiger partial charge is 0.314 e. The second-order valence-corrected chi connectivity index (χ2v) is 4.85. The molecule has 2 nitrogen and oxygen atoms in total. The zero-order valence-corrected chi connectivity index (χ0v) is 12.2. The molecule has 0 spiro atoms. The van der Waals surface area contributed by atoms with Crippen LogP contribution in [0.15, 0.2) is 30.9 Å². The number of nitrogens with one attached hydrogen (secondary N) is 1. The third kappa shape index (κ3) is 4.03. The number of benzene rings is 1. The minimum absolute atomic E-state index is 0. The molecule has 1 aromatic rings. The van der Waals surface area contributed by atoms with Crippen molar-refractivity contribution in [2.45, 2.75) is 19.4 Å². The summed E-state index contributed by atoms with van der Waals surface area (Å²) in [7, 11) is 0. The Morgan fingerprint density at radius 2 is 2.11 bits per heavy atom. The van der Waals surface area contributed by atoms with Crippen LogP contribution in [0.1, 0.15) is 23.6 Å². The molecule has 19 heavy (non-hydrogen) atoms. The van der Waals surface area contributed by atoms with Crippen molar-refractivity contribution in [1.82, 2.24) is 10.2 Å². The molecule has 106 valence electrons. The van der Waals surface area contributed by atoms with Crippen LogP contribution in [0.25, 0.3) is 0 Å². The van der Waals surface area contributed by atoms with Crippen molar-refractivity contribution in [3.63, 3.8) is 0 Å². The molecule has 0 radical (unpaired) electrons. The lowest BCUT2D eigenvalue weighted by molar-refractivity contribution is 0.171. The van der Waals surface area contributed by atoms with Gasteiger partial charge >= 0.3 is 0 Å². The summed E-state index contributed by atoms with van der Waals surface area (Å²) in [6.07, 6.45) is 2.68. The Bertz CT molecular complexity index is 417. The lowest BCUT2D eigenvalue weighted by Gasteiger charge is -2.35. The van der Waals surface area contributed by atoms with Crippen LogP contribution in [0.5, 0.6) is 0 Å². The van der Waals surface area contributed by atoms with E-state index in [1.54, 1.807) is 6.07 Å². The van der Waals surface area contributed by atoms with Gasteiger partial charge in [0, 0.05) is 37.8 Å². The Morgan fingerprint density at radius 1 is 1.42 bits per heavy atom. The van der Waals surface area contributed by atoms with Crippen molar-refractivity contribution >= 4 is 12.4 Å². The van der Waals surface area contributed by atoms with Crippen LogP contribution in [-0.2, 0) is 0 Å². The van der Waals surface area contributed by atoms with Crippen LogP contribution in [0.3, 0.4) is 0 Å². The van der Waals surface area contributed by atoms with Gasteiger partial charge in [-0.05, 0) is 19.4 Å². The van der Waals surface area contributed by atoms with Crippen LogP contribution >= 0.6 is 12.4 Å². The molecule has 0 aliphatic carbocycles. The van der Waals surface area contributed by atoms with Gasteiger partial charge in [-0.2, -0.15) is 0 Å². The topological polar surface area (TPSA) is 15.3 Å². The van der Waals surface area contributed by atoms with Crippen molar-refractivity contribution in [3.8, 4) is 0 Å². The van der Waals surface area contributed by atoms with Crippen molar-refractivity contribution in [2.75, 3.05) is 26.2 Å². The molecular formula is C15H22ClFN2. The Kier molecular flexibility index (Phi) is 6.49. The first-order valence-electron chi connectivity index (χ1n) is 6.54. The Morgan fingerprint density at radius 3 is 2.74 bits per heavy atom. The molecule has 1 atom stereocenters. The quantitative estimate of drug-likeness (QED) is 0.855. The van der Waals surface area contributed by atoms with Gasteiger partial charge < -0.3 is 5.32 Å². The highest BCUT2D eigenvalue weighted by molar-refractivity contribution is 5.85. The fraction of sp³-hybridized carbons (Fsp3) is 0.467. The predicted molar refractivity (Wildman–Crippen MR) is 80.4 cm³/mol. The highest BCUT2D eigenvalue weighted by Gasteiger charge is 2.23. The Labute approximate surface area is 121 Å². The first-order chi connectivity index (χ1) is 8.72. The fourth-order valence-electron chi connectivity index (χ4n) is 2.54. The maximum atomic E-state index is 14.0. The maximum Gasteiger partial charge on any atom is 0.128 e. The highest BCUT2D eigenvalue weighted by Crippen LogP contribution is 2.28. The van der Waals surface area contributed by atoms with E-state index in [0.29, 0.717) is 0 Å². The Balaban J connectivity index is 0.00000180. The van der Waals surface area contributed by atoms with E-state index in [-0.39, 0.29) is 24.3 Å². The molecule has 1 aliphatic rings. The van der Waals surface area contributed by atoms with Crippen molar-refractivity contribution in [3.05, 3.63) is 47.8 Å². The van der Waals surface area contributed by atoms with Gasteiger partial charge in [-0.25, -0.2) is 4.39 Å². The summed E-state index contributed by atoms with van der Waals surface area (Å²) in [6, 6.07) is 5.47. The van der Waals surface area contributed by atoms with E-state index >= 15 is 0 Å². The number of hydrogen-bond donors (Lipinski definition) is 1. The van der Waals surface area contributed by atoms with Crippen LogP contribution < -0.4 is 5.32 Å². The minimum Gasteiger partial charge on any atom is -0.314 e. The second kappa shape index (κ2) is 7.63. The summed E-state index contributed by atoms with van der Waals surface area (Å²) in [5.41, 5.74) is 1.91. The van der Waals surface area contributed by atoms with E-state index in [0.717, 1.165) is 43.7 Å². The van der Waals surface area contributed by atoms with E-state index in [9.17, 15) is 4.39 Å². The molecule has 2 rings (SSSR count). The lowest BCUT2D eigenvalue weighted by atomic mass is 9.98. The molecular weight excluding hydrogens is 263 g/mol. The number of piperazine rings is 1. The molecule has 1 heterocycles. The Hall–Kier alpha value is -0.900. The summed E-state index contributed by atoms with van der Waals surface area (Å²) < 4.78 is 14.0. The maximum absolute atomic E-state index is 14.0. The molecule has 4 heteroatoms. The summed E-state index contributed by atoms with van der Waals surface area (Å²) in [5, 5.41) is 3.33. The van der Waals surface area contributed by atoms with Gasteiger partial charge in [0.25, 0.3) is 0 Å².